The molecule has 0 fully saturated rings. The third kappa shape index (κ3) is 4.21. The molecule has 2 aromatic rings. The topological polar surface area (TPSA) is 67.2 Å². The minimum atomic E-state index is -0.476. The standard InChI is InChI=1S/C17H21ClN4O2/c1-11-9-15(23)16(17(24)19-10-12(2)21(3)4)20-22(11)14-7-5-13(18)6-8-14/h5-9,12H,10H2,1-4H3,(H,19,24). The van der Waals surface area contributed by atoms with Crippen molar-refractivity contribution in [3.05, 3.63) is 57.0 Å². The second-order valence-corrected chi connectivity index (χ2v) is 6.35. The summed E-state index contributed by atoms with van der Waals surface area (Å²) < 4.78 is 1.56. The van der Waals surface area contributed by atoms with Crippen LogP contribution in [0.1, 0.15) is 23.1 Å². The molecule has 1 unspecified atom stereocenters. The van der Waals surface area contributed by atoms with Gasteiger partial charge in [-0.1, -0.05) is 11.6 Å². The molecule has 0 saturated heterocycles. The monoisotopic (exact) mass is 348 g/mol. The van der Waals surface area contributed by atoms with Crippen LogP contribution >= 0.6 is 11.6 Å². The maximum absolute atomic E-state index is 12.3. The summed E-state index contributed by atoms with van der Waals surface area (Å²) in [6, 6.07) is 8.58. The first-order valence-corrected chi connectivity index (χ1v) is 7.99. The zero-order valence-corrected chi connectivity index (χ0v) is 15.0. The number of aryl methyl sites for hydroxylation is 1. The highest BCUT2D eigenvalue weighted by Crippen LogP contribution is 2.13. The number of benzene rings is 1. The van der Waals surface area contributed by atoms with Gasteiger partial charge in [0.2, 0.25) is 5.43 Å². The summed E-state index contributed by atoms with van der Waals surface area (Å²) in [7, 11) is 3.85. The van der Waals surface area contributed by atoms with Crippen LogP contribution in [0.3, 0.4) is 0 Å². The van der Waals surface area contributed by atoms with Crippen molar-refractivity contribution in [2.24, 2.45) is 0 Å². The Bertz CT molecular complexity index is 784. The van der Waals surface area contributed by atoms with E-state index in [9.17, 15) is 9.59 Å². The summed E-state index contributed by atoms with van der Waals surface area (Å²) in [6.07, 6.45) is 0. The average Bonchev–Trinajstić information content (AvgIpc) is 2.53. The van der Waals surface area contributed by atoms with Crippen molar-refractivity contribution in [3.63, 3.8) is 0 Å². The first-order valence-electron chi connectivity index (χ1n) is 7.61. The van der Waals surface area contributed by atoms with Crippen LogP contribution in [0.2, 0.25) is 5.02 Å². The van der Waals surface area contributed by atoms with Crippen molar-refractivity contribution in [2.45, 2.75) is 19.9 Å². The second kappa shape index (κ2) is 7.59. The van der Waals surface area contributed by atoms with Crippen molar-refractivity contribution in [1.82, 2.24) is 20.0 Å². The van der Waals surface area contributed by atoms with Crippen LogP contribution in [0.15, 0.2) is 35.1 Å². The van der Waals surface area contributed by atoms with Gasteiger partial charge in [0.15, 0.2) is 5.69 Å². The molecular weight excluding hydrogens is 328 g/mol. The van der Waals surface area contributed by atoms with Gasteiger partial charge in [0.1, 0.15) is 0 Å². The molecule has 128 valence electrons. The summed E-state index contributed by atoms with van der Waals surface area (Å²) in [6.45, 7) is 4.18. The van der Waals surface area contributed by atoms with Gasteiger partial charge in [0.05, 0.1) is 5.69 Å². The van der Waals surface area contributed by atoms with E-state index in [-0.39, 0.29) is 11.7 Å². The number of carbonyl (C=O) groups is 1. The number of aromatic nitrogens is 2. The van der Waals surface area contributed by atoms with Crippen molar-refractivity contribution in [2.75, 3.05) is 20.6 Å². The highest BCUT2D eigenvalue weighted by atomic mass is 35.5. The Balaban J connectivity index is 2.31. The number of amides is 1. The first-order chi connectivity index (χ1) is 11.3. The first kappa shape index (κ1) is 18.2. The molecule has 0 spiro atoms. The molecule has 1 aromatic heterocycles. The van der Waals surface area contributed by atoms with Crippen LogP contribution in [0.25, 0.3) is 5.69 Å². The Labute approximate surface area is 146 Å². The van der Waals surface area contributed by atoms with E-state index in [1.165, 1.54) is 6.07 Å². The maximum atomic E-state index is 12.3. The Morgan fingerprint density at radius 2 is 1.96 bits per heavy atom. The SMILES string of the molecule is Cc1cc(=O)c(C(=O)NCC(C)N(C)C)nn1-c1ccc(Cl)cc1. The molecule has 0 aliphatic carbocycles. The van der Waals surface area contributed by atoms with E-state index < -0.39 is 11.3 Å². The quantitative estimate of drug-likeness (QED) is 0.895. The van der Waals surface area contributed by atoms with Gasteiger partial charge < -0.3 is 10.2 Å². The number of hydrogen-bond acceptors (Lipinski definition) is 4. The predicted octanol–water partition coefficient (Wildman–Crippen LogP) is 1.87. The second-order valence-electron chi connectivity index (χ2n) is 5.91. The molecular formula is C17H21ClN4O2. The number of carbonyl (C=O) groups excluding carboxylic acids is 1. The van der Waals surface area contributed by atoms with Gasteiger partial charge in [-0.25, -0.2) is 4.68 Å². The van der Waals surface area contributed by atoms with Crippen LogP contribution in [0, 0.1) is 6.92 Å². The smallest absolute Gasteiger partial charge is 0.275 e. The van der Waals surface area contributed by atoms with Crippen molar-refractivity contribution >= 4 is 17.5 Å². The third-order valence-electron chi connectivity index (χ3n) is 3.83. The van der Waals surface area contributed by atoms with E-state index in [4.69, 9.17) is 11.6 Å². The van der Waals surface area contributed by atoms with E-state index in [1.807, 2.05) is 25.9 Å². The fourth-order valence-corrected chi connectivity index (χ4v) is 2.18. The lowest BCUT2D eigenvalue weighted by atomic mass is 10.2. The van der Waals surface area contributed by atoms with Crippen LogP contribution < -0.4 is 10.7 Å². The van der Waals surface area contributed by atoms with E-state index in [1.54, 1.807) is 35.9 Å². The Morgan fingerprint density at radius 3 is 2.54 bits per heavy atom. The van der Waals surface area contributed by atoms with Crippen LogP contribution in [0.4, 0.5) is 0 Å². The fourth-order valence-electron chi connectivity index (χ4n) is 2.06. The summed E-state index contributed by atoms with van der Waals surface area (Å²) in [5, 5.41) is 7.59. The molecule has 0 radical (unpaired) electrons. The van der Waals surface area contributed by atoms with Gasteiger partial charge in [-0.3, -0.25) is 9.59 Å². The minimum absolute atomic E-state index is 0.124. The van der Waals surface area contributed by atoms with Crippen LogP contribution in [0.5, 0.6) is 0 Å². The van der Waals surface area contributed by atoms with E-state index in [0.29, 0.717) is 17.3 Å². The number of likely N-dealkylation sites (N-methyl/N-ethyl adjacent to an activating group) is 1. The highest BCUT2D eigenvalue weighted by molar-refractivity contribution is 6.30. The zero-order chi connectivity index (χ0) is 17.9. The number of hydrogen-bond donors (Lipinski definition) is 1. The van der Waals surface area contributed by atoms with Gasteiger partial charge in [0.25, 0.3) is 5.91 Å². The van der Waals surface area contributed by atoms with Gasteiger partial charge in [-0.15, -0.1) is 0 Å². The number of rotatable bonds is 5. The molecule has 0 aliphatic heterocycles. The van der Waals surface area contributed by atoms with Crippen molar-refractivity contribution < 1.29 is 4.79 Å². The van der Waals surface area contributed by atoms with E-state index >= 15 is 0 Å². The molecule has 6 nitrogen and oxygen atoms in total. The molecule has 24 heavy (non-hydrogen) atoms. The molecule has 1 N–H and O–H groups in total. The molecule has 1 amide bonds. The van der Waals surface area contributed by atoms with Crippen molar-refractivity contribution in [1.29, 1.82) is 0 Å². The summed E-state index contributed by atoms with van der Waals surface area (Å²) in [5.41, 5.74) is 0.849. The number of nitrogens with zero attached hydrogens (tertiary/aromatic N) is 3. The lowest BCUT2D eigenvalue weighted by Crippen LogP contribution is -2.40. The van der Waals surface area contributed by atoms with E-state index in [0.717, 1.165) is 5.69 Å². The average molecular weight is 349 g/mol. The largest absolute Gasteiger partial charge is 0.349 e. The number of halogens is 1. The van der Waals surface area contributed by atoms with Crippen molar-refractivity contribution in [3.8, 4) is 5.69 Å². The van der Waals surface area contributed by atoms with Gasteiger partial charge in [0, 0.05) is 29.4 Å². The fraction of sp³-hybridized carbons (Fsp3) is 0.353. The molecule has 1 heterocycles. The van der Waals surface area contributed by atoms with Gasteiger partial charge in [-0.05, 0) is 52.2 Å². The third-order valence-corrected chi connectivity index (χ3v) is 4.09. The van der Waals surface area contributed by atoms with Crippen LogP contribution in [-0.2, 0) is 0 Å². The summed E-state index contributed by atoms with van der Waals surface area (Å²) >= 11 is 5.89. The van der Waals surface area contributed by atoms with Gasteiger partial charge in [-0.2, -0.15) is 5.10 Å². The Hall–Kier alpha value is -2.18. The molecule has 0 aliphatic rings. The molecule has 0 saturated carbocycles. The summed E-state index contributed by atoms with van der Waals surface area (Å²) in [4.78, 5) is 26.4. The lowest BCUT2D eigenvalue weighted by Gasteiger charge is -2.19. The maximum Gasteiger partial charge on any atom is 0.275 e. The van der Waals surface area contributed by atoms with Gasteiger partial charge >= 0.3 is 0 Å². The summed E-state index contributed by atoms with van der Waals surface area (Å²) in [5.74, 6) is -0.476. The normalized spacial score (nSPS) is 12.2. The Kier molecular flexibility index (Phi) is 5.75. The minimum Gasteiger partial charge on any atom is -0.349 e. The molecule has 0 bridgehead atoms. The molecule has 1 atom stereocenters. The van der Waals surface area contributed by atoms with Crippen LogP contribution in [-0.4, -0.2) is 47.3 Å². The number of nitrogens with one attached hydrogen (secondary N) is 1. The molecule has 1 aromatic carbocycles. The Morgan fingerprint density at radius 1 is 1.33 bits per heavy atom. The highest BCUT2D eigenvalue weighted by Gasteiger charge is 2.16. The predicted molar refractivity (Wildman–Crippen MR) is 95.1 cm³/mol. The molecule has 2 rings (SSSR count). The lowest BCUT2D eigenvalue weighted by molar-refractivity contribution is 0.0935. The zero-order valence-electron chi connectivity index (χ0n) is 14.2. The molecule has 7 heteroatoms. The van der Waals surface area contributed by atoms with E-state index in [2.05, 4.69) is 10.4 Å².